The second kappa shape index (κ2) is 8.35. The van der Waals surface area contributed by atoms with Crippen LogP contribution in [0.2, 0.25) is 0 Å². The molecule has 1 aliphatic heterocycles. The average molecular weight is 439 g/mol. The molecule has 3 rings (SSSR count). The summed E-state index contributed by atoms with van der Waals surface area (Å²) in [5.41, 5.74) is 11.4. The van der Waals surface area contributed by atoms with Crippen molar-refractivity contribution in [2.75, 3.05) is 42.1 Å². The molecular formula is C17H22N6O4S2. The number of nitrogens with one attached hydrogen (secondary N) is 1. The Morgan fingerprint density at radius 1 is 1.21 bits per heavy atom. The van der Waals surface area contributed by atoms with Gasteiger partial charge in [-0.15, -0.1) is 11.3 Å². The number of amides is 3. The van der Waals surface area contributed by atoms with E-state index in [9.17, 15) is 18.0 Å². The van der Waals surface area contributed by atoms with Crippen LogP contribution in [-0.2, 0) is 10.0 Å². The van der Waals surface area contributed by atoms with Gasteiger partial charge in [-0.1, -0.05) is 0 Å². The number of primary amides is 2. The van der Waals surface area contributed by atoms with Crippen LogP contribution in [0.15, 0.2) is 24.4 Å². The largest absolute Gasteiger partial charge is 0.366 e. The van der Waals surface area contributed by atoms with Crippen LogP contribution in [0.1, 0.15) is 17.3 Å². The lowest BCUT2D eigenvalue weighted by atomic mass is 10.2. The van der Waals surface area contributed by atoms with Gasteiger partial charge in [0.25, 0.3) is 5.91 Å². The molecule has 29 heavy (non-hydrogen) atoms. The Kier molecular flexibility index (Phi) is 6.05. The first-order valence-electron chi connectivity index (χ1n) is 8.90. The molecule has 1 saturated heterocycles. The van der Waals surface area contributed by atoms with Crippen molar-refractivity contribution in [3.05, 3.63) is 30.0 Å². The molecular weight excluding hydrogens is 416 g/mol. The lowest BCUT2D eigenvalue weighted by Gasteiger charge is -2.34. The first-order chi connectivity index (χ1) is 13.7. The Morgan fingerprint density at radius 3 is 2.41 bits per heavy atom. The zero-order valence-corrected chi connectivity index (χ0v) is 17.4. The molecule has 0 radical (unpaired) electrons. The number of urea groups is 1. The predicted octanol–water partition coefficient (Wildman–Crippen LogP) is 0.871. The highest BCUT2D eigenvalue weighted by atomic mass is 32.2. The number of pyridine rings is 1. The molecule has 0 unspecified atom stereocenters. The van der Waals surface area contributed by atoms with Crippen molar-refractivity contribution >= 4 is 44.1 Å². The molecule has 2 aromatic rings. The van der Waals surface area contributed by atoms with Crippen LogP contribution in [-0.4, -0.2) is 61.6 Å². The number of piperazine rings is 1. The summed E-state index contributed by atoms with van der Waals surface area (Å²) in [5.74, 6) is 0.172. The topological polar surface area (TPSA) is 152 Å². The summed E-state index contributed by atoms with van der Waals surface area (Å²) in [5, 5.41) is 2.69. The Hall–Kier alpha value is -2.70. The van der Waals surface area contributed by atoms with E-state index in [0.717, 1.165) is 11.4 Å². The molecule has 12 heteroatoms. The van der Waals surface area contributed by atoms with Gasteiger partial charge in [0.15, 0.2) is 0 Å². The summed E-state index contributed by atoms with van der Waals surface area (Å²) in [7, 11) is -3.18. The lowest BCUT2D eigenvalue weighted by Crippen LogP contribution is -2.49. The van der Waals surface area contributed by atoms with Gasteiger partial charge < -0.3 is 16.4 Å². The molecule has 3 heterocycles. The average Bonchev–Trinajstić information content (AvgIpc) is 3.11. The Balaban J connectivity index is 1.74. The third-order valence-corrected chi connectivity index (χ3v) is 7.57. The normalized spacial score (nSPS) is 15.3. The van der Waals surface area contributed by atoms with Crippen molar-refractivity contribution in [1.29, 1.82) is 0 Å². The van der Waals surface area contributed by atoms with E-state index < -0.39 is 22.0 Å². The van der Waals surface area contributed by atoms with Gasteiger partial charge in [-0.3, -0.25) is 10.1 Å². The first kappa shape index (κ1) is 21.0. The van der Waals surface area contributed by atoms with Crippen LogP contribution >= 0.6 is 11.3 Å². The second-order valence-electron chi connectivity index (χ2n) is 6.40. The van der Waals surface area contributed by atoms with Gasteiger partial charge in [-0.05, 0) is 25.1 Å². The van der Waals surface area contributed by atoms with Crippen LogP contribution in [0.25, 0.3) is 10.4 Å². The molecule has 10 nitrogen and oxygen atoms in total. The van der Waals surface area contributed by atoms with E-state index in [0.29, 0.717) is 31.1 Å². The minimum atomic E-state index is -3.18. The summed E-state index contributed by atoms with van der Waals surface area (Å²) in [6.07, 6.45) is 1.66. The molecule has 2 aromatic heterocycles. The Labute approximate surface area is 172 Å². The van der Waals surface area contributed by atoms with Crippen molar-refractivity contribution in [3.8, 4) is 10.4 Å². The summed E-state index contributed by atoms with van der Waals surface area (Å²) in [4.78, 5) is 29.9. The van der Waals surface area contributed by atoms with Gasteiger partial charge in [0.05, 0.1) is 11.3 Å². The number of aromatic nitrogens is 1. The minimum absolute atomic E-state index is 0.0979. The minimum Gasteiger partial charge on any atom is -0.366 e. The molecule has 156 valence electrons. The molecule has 1 fully saturated rings. The van der Waals surface area contributed by atoms with Gasteiger partial charge in [0.2, 0.25) is 10.0 Å². The van der Waals surface area contributed by atoms with E-state index in [1.807, 2.05) is 17.0 Å². The number of hydrogen-bond donors (Lipinski definition) is 3. The van der Waals surface area contributed by atoms with Crippen molar-refractivity contribution in [2.45, 2.75) is 6.92 Å². The Morgan fingerprint density at radius 2 is 1.90 bits per heavy atom. The zero-order chi connectivity index (χ0) is 21.2. The van der Waals surface area contributed by atoms with Crippen LogP contribution in [0.3, 0.4) is 0 Å². The molecule has 0 aromatic carbocycles. The number of nitrogens with zero attached hydrogens (tertiary/aromatic N) is 3. The molecule has 3 amide bonds. The number of sulfonamides is 1. The van der Waals surface area contributed by atoms with E-state index in [-0.39, 0.29) is 16.3 Å². The fourth-order valence-electron chi connectivity index (χ4n) is 3.02. The number of thiophene rings is 1. The zero-order valence-electron chi connectivity index (χ0n) is 15.8. The van der Waals surface area contributed by atoms with E-state index in [1.165, 1.54) is 15.6 Å². The van der Waals surface area contributed by atoms with Crippen molar-refractivity contribution in [2.24, 2.45) is 11.5 Å². The standard InChI is InChI=1S/C17H22N6O4S2/c1-2-29(26,27)23-7-5-22(6-8-23)14-4-3-11(10-20-14)13-9-12(15(18)24)16(28-13)21-17(19)25/h3-4,9-10H,2,5-8H2,1H3,(H2,18,24)(H3,19,21,25). The number of nitrogens with two attached hydrogens (primary N) is 2. The van der Waals surface area contributed by atoms with Gasteiger partial charge >= 0.3 is 6.03 Å². The van der Waals surface area contributed by atoms with E-state index in [2.05, 4.69) is 10.3 Å². The smallest absolute Gasteiger partial charge is 0.317 e. The molecule has 0 atom stereocenters. The summed E-state index contributed by atoms with van der Waals surface area (Å²) >= 11 is 1.18. The second-order valence-corrected chi connectivity index (χ2v) is 9.71. The van der Waals surface area contributed by atoms with Gasteiger partial charge in [-0.25, -0.2) is 18.2 Å². The predicted molar refractivity (Wildman–Crippen MR) is 113 cm³/mol. The number of anilines is 2. The third kappa shape index (κ3) is 4.66. The molecule has 0 spiro atoms. The van der Waals surface area contributed by atoms with E-state index in [4.69, 9.17) is 11.5 Å². The van der Waals surface area contributed by atoms with Crippen molar-refractivity contribution < 1.29 is 18.0 Å². The monoisotopic (exact) mass is 438 g/mol. The van der Waals surface area contributed by atoms with Gasteiger partial charge in [-0.2, -0.15) is 4.31 Å². The fourth-order valence-corrected chi connectivity index (χ4v) is 5.16. The maximum atomic E-state index is 12.0. The molecule has 5 N–H and O–H groups in total. The maximum absolute atomic E-state index is 12.0. The highest BCUT2D eigenvalue weighted by Crippen LogP contribution is 2.35. The summed E-state index contributed by atoms with van der Waals surface area (Å²) < 4.78 is 25.4. The van der Waals surface area contributed by atoms with Gasteiger partial charge in [0, 0.05) is 42.8 Å². The third-order valence-electron chi connectivity index (χ3n) is 4.59. The number of rotatable bonds is 6. The summed E-state index contributed by atoms with van der Waals surface area (Å²) in [6.45, 7) is 3.61. The van der Waals surface area contributed by atoms with E-state index >= 15 is 0 Å². The SMILES string of the molecule is CCS(=O)(=O)N1CCN(c2ccc(-c3cc(C(N)=O)c(NC(N)=O)s3)cn2)CC1. The van der Waals surface area contributed by atoms with Crippen molar-refractivity contribution in [1.82, 2.24) is 9.29 Å². The highest BCUT2D eigenvalue weighted by Gasteiger charge is 2.26. The number of carbonyl (C=O) groups is 2. The maximum Gasteiger partial charge on any atom is 0.317 e. The van der Waals surface area contributed by atoms with Crippen LogP contribution in [0.5, 0.6) is 0 Å². The highest BCUT2D eigenvalue weighted by molar-refractivity contribution is 7.89. The first-order valence-corrected chi connectivity index (χ1v) is 11.3. The lowest BCUT2D eigenvalue weighted by molar-refractivity contribution is 0.100. The molecule has 0 saturated carbocycles. The number of carbonyl (C=O) groups excluding carboxylic acids is 2. The van der Waals surface area contributed by atoms with Crippen LogP contribution < -0.4 is 21.7 Å². The number of hydrogen-bond acceptors (Lipinski definition) is 7. The molecule has 1 aliphatic rings. The molecule has 0 bridgehead atoms. The van der Waals surface area contributed by atoms with E-state index in [1.54, 1.807) is 19.2 Å². The molecule has 0 aliphatic carbocycles. The fraction of sp³-hybridized carbons (Fsp3) is 0.353. The Bertz CT molecular complexity index is 1010. The van der Waals surface area contributed by atoms with Crippen LogP contribution in [0, 0.1) is 0 Å². The summed E-state index contributed by atoms with van der Waals surface area (Å²) in [6, 6.07) is 4.49. The quantitative estimate of drug-likeness (QED) is 0.608. The van der Waals surface area contributed by atoms with Crippen LogP contribution in [0.4, 0.5) is 15.6 Å². The van der Waals surface area contributed by atoms with Crippen molar-refractivity contribution in [3.63, 3.8) is 0 Å². The van der Waals surface area contributed by atoms with Gasteiger partial charge in [0.1, 0.15) is 10.8 Å².